The highest BCUT2D eigenvalue weighted by Gasteiger charge is 2.63. The molecule has 0 radical (unpaired) electrons. The van der Waals surface area contributed by atoms with Crippen LogP contribution in [0.5, 0.6) is 0 Å². The highest BCUT2D eigenvalue weighted by Crippen LogP contribution is 2.66. The van der Waals surface area contributed by atoms with Gasteiger partial charge in [0, 0.05) is 18.5 Å². The van der Waals surface area contributed by atoms with Gasteiger partial charge in [0.15, 0.2) is 17.8 Å². The maximum Gasteiger partial charge on any atom is 0.472 e. The second-order valence-electron chi connectivity index (χ2n) is 13.9. The lowest BCUT2D eigenvalue weighted by Crippen LogP contribution is -2.57. The number of nitrogen functional groups attached to an aromatic ring is 1. The van der Waals surface area contributed by atoms with Crippen molar-refractivity contribution in [1.82, 2.24) is 9.55 Å². The molecule has 5 aliphatic rings. The molecule has 14 nitrogen and oxygen atoms in total. The number of aliphatic hydroxyl groups is 3. The molecule has 0 amide bonds. The molecule has 1 unspecified atom stereocenters. The first kappa shape index (κ1) is 32.6. The summed E-state index contributed by atoms with van der Waals surface area (Å²) in [6, 6.07) is 1.31. The number of nitrogens with zero attached hydrogens (tertiary/aromatic N) is 2. The Labute approximate surface area is 260 Å². The molecule has 6 N–H and O–H groups in total. The molecule has 1 aliphatic heterocycles. The van der Waals surface area contributed by atoms with Gasteiger partial charge < -0.3 is 30.7 Å². The number of allylic oxidation sites excluding steroid dienone is 1. The van der Waals surface area contributed by atoms with Crippen molar-refractivity contribution >= 4 is 25.2 Å². The molecule has 4 fully saturated rings. The van der Waals surface area contributed by atoms with Gasteiger partial charge in [-0.05, 0) is 79.3 Å². The fraction of sp³-hybridized carbons (Fsp3) is 0.733. The van der Waals surface area contributed by atoms with Gasteiger partial charge in [0.1, 0.15) is 30.7 Å². The van der Waals surface area contributed by atoms with Crippen molar-refractivity contribution in [3.8, 4) is 0 Å². The van der Waals surface area contributed by atoms with Gasteiger partial charge in [-0.15, -0.1) is 0 Å². The minimum Gasteiger partial charge on any atom is -0.393 e. The van der Waals surface area contributed by atoms with Gasteiger partial charge in [-0.3, -0.25) is 23.2 Å². The Morgan fingerprint density at radius 1 is 1.16 bits per heavy atom. The molecular weight excluding hydrogens is 609 g/mol. The third-order valence-corrected chi connectivity index (χ3v) is 12.4. The number of carbonyl (C=O) groups excluding carboxylic acids is 2. The van der Waals surface area contributed by atoms with E-state index >= 15 is 0 Å². The first-order valence-electron chi connectivity index (χ1n) is 15.6. The van der Waals surface area contributed by atoms with Crippen LogP contribution in [-0.2, 0) is 27.9 Å². The normalized spacial score (nSPS) is 42.3. The van der Waals surface area contributed by atoms with Crippen LogP contribution in [-0.4, -0.2) is 79.0 Å². The number of fused-ring (bicyclic) bond motifs is 5. The minimum absolute atomic E-state index is 0.0148. The van der Waals surface area contributed by atoms with Gasteiger partial charge in [0.2, 0.25) is 0 Å². The molecule has 1 aromatic rings. The summed E-state index contributed by atoms with van der Waals surface area (Å²) in [5.41, 5.74) is 5.05. The maximum atomic E-state index is 13.5. The zero-order chi connectivity index (χ0) is 32.5. The number of hydrogen-bond donors (Lipinski definition) is 5. The summed E-state index contributed by atoms with van der Waals surface area (Å²) in [7, 11) is -4.79. The molecule has 45 heavy (non-hydrogen) atoms. The van der Waals surface area contributed by atoms with Crippen molar-refractivity contribution in [2.75, 3.05) is 18.9 Å². The van der Waals surface area contributed by atoms with E-state index in [1.165, 1.54) is 12.3 Å². The first-order chi connectivity index (χ1) is 21.1. The van der Waals surface area contributed by atoms with E-state index in [9.17, 15) is 39.2 Å². The number of phosphoric acid groups is 1. The number of ether oxygens (including phenoxy) is 1. The van der Waals surface area contributed by atoms with E-state index in [0.29, 0.717) is 19.3 Å². The predicted octanol–water partition coefficient (Wildman–Crippen LogP) is 1.27. The number of ketones is 2. The number of Topliss-reactive ketones (excluding diaryl/α,β-unsaturated/α-hetero) is 1. The highest BCUT2D eigenvalue weighted by molar-refractivity contribution is 7.47. The van der Waals surface area contributed by atoms with Crippen molar-refractivity contribution in [3.63, 3.8) is 0 Å². The Kier molecular flexibility index (Phi) is 8.52. The Bertz CT molecular complexity index is 1500. The Morgan fingerprint density at radius 3 is 2.64 bits per heavy atom. The largest absolute Gasteiger partial charge is 0.472 e. The average molecular weight is 652 g/mol. The average Bonchev–Trinajstić information content (AvgIpc) is 3.46. The molecule has 4 aliphatic carbocycles. The van der Waals surface area contributed by atoms with Crippen LogP contribution in [0.3, 0.4) is 0 Å². The lowest BCUT2D eigenvalue weighted by molar-refractivity contribution is -0.146. The number of hydrogen-bond acceptors (Lipinski definition) is 12. The molecule has 2 heterocycles. The van der Waals surface area contributed by atoms with Crippen molar-refractivity contribution < 1.29 is 48.2 Å². The number of phosphoric ester groups is 1. The molecule has 12 atom stereocenters. The quantitative estimate of drug-likeness (QED) is 0.250. The molecule has 3 saturated carbocycles. The van der Waals surface area contributed by atoms with E-state index in [1.807, 2.05) is 6.92 Å². The Hall–Kier alpha value is -2.29. The van der Waals surface area contributed by atoms with Crippen molar-refractivity contribution in [3.05, 3.63) is 34.4 Å². The van der Waals surface area contributed by atoms with E-state index in [4.69, 9.17) is 19.5 Å². The van der Waals surface area contributed by atoms with Gasteiger partial charge in [-0.1, -0.05) is 19.4 Å². The number of aliphatic hydroxyl groups excluding tert-OH is 3. The van der Waals surface area contributed by atoms with Crippen LogP contribution < -0.4 is 11.4 Å². The standard InChI is InChI=1S/C30H42N3O11P/c1-29-9-7-16(34)11-15(29)3-4-17-18-5-6-19(30(18,2)12-20(35)24(17)29)21(36)13-42-45(40,41)43-14-22-25(37)26(38)27(44-22)33-10-8-23(31)32-28(33)39/h8,10-11,17-20,22,24-27,35,37-38H,3-7,9,12-14H2,1-2H3,(H,40,41)(H2,31,32,39)/t17-,18-,19+,20+,22+,24+,25-,26+,27+,29+,30+/m1/s1. The fourth-order valence-electron chi connectivity index (χ4n) is 9.38. The summed E-state index contributed by atoms with van der Waals surface area (Å²) in [6.45, 7) is 2.85. The van der Waals surface area contributed by atoms with Crippen LogP contribution >= 0.6 is 7.82 Å². The lowest BCUT2D eigenvalue weighted by atomic mass is 9.46. The van der Waals surface area contributed by atoms with E-state index in [1.54, 1.807) is 6.08 Å². The van der Waals surface area contributed by atoms with Crippen LogP contribution in [0.15, 0.2) is 28.7 Å². The van der Waals surface area contributed by atoms with Crippen molar-refractivity contribution in [2.45, 2.75) is 89.4 Å². The number of nitrogens with two attached hydrogens (primary N) is 1. The smallest absolute Gasteiger partial charge is 0.393 e. The van der Waals surface area contributed by atoms with Crippen LogP contribution in [0.4, 0.5) is 5.82 Å². The third-order valence-electron chi connectivity index (χ3n) is 11.5. The maximum absolute atomic E-state index is 13.5. The third kappa shape index (κ3) is 5.67. The second-order valence-corrected chi connectivity index (χ2v) is 15.3. The summed E-state index contributed by atoms with van der Waals surface area (Å²) in [4.78, 5) is 51.6. The number of anilines is 1. The first-order valence-corrected chi connectivity index (χ1v) is 17.1. The SMILES string of the molecule is C[C@]12C[C@H](O)[C@@H]3[C@H](CCC4=CC(=O)CC[C@@]43C)[C@H]1CC[C@H]2C(=O)COP(=O)(O)OC[C@@H]1O[C@H](n2ccc(N)nc2=O)[C@@H](O)[C@@H]1O. The molecule has 6 rings (SSSR count). The van der Waals surface area contributed by atoms with Gasteiger partial charge in [0.25, 0.3) is 0 Å². The van der Waals surface area contributed by atoms with Crippen LogP contribution in [0.1, 0.15) is 65.0 Å². The molecule has 248 valence electrons. The van der Waals surface area contributed by atoms with Crippen molar-refractivity contribution in [2.24, 2.45) is 34.5 Å². The zero-order valence-electron chi connectivity index (χ0n) is 25.4. The highest BCUT2D eigenvalue weighted by atomic mass is 31.2. The van der Waals surface area contributed by atoms with Crippen LogP contribution in [0.2, 0.25) is 0 Å². The Balaban J connectivity index is 1.06. The molecular formula is C30H42N3O11P. The van der Waals surface area contributed by atoms with Gasteiger partial charge in [-0.2, -0.15) is 4.98 Å². The number of carbonyl (C=O) groups is 2. The topological polar surface area (TPSA) is 221 Å². The molecule has 0 aromatic carbocycles. The predicted molar refractivity (Wildman–Crippen MR) is 157 cm³/mol. The summed E-state index contributed by atoms with van der Waals surface area (Å²) in [6.07, 6.45) is 1.26. The monoisotopic (exact) mass is 651 g/mol. The Morgan fingerprint density at radius 2 is 1.91 bits per heavy atom. The van der Waals surface area contributed by atoms with E-state index in [2.05, 4.69) is 11.9 Å². The summed E-state index contributed by atoms with van der Waals surface area (Å²) >= 11 is 0. The van der Waals surface area contributed by atoms with E-state index in [0.717, 1.165) is 35.8 Å². The zero-order valence-corrected chi connectivity index (χ0v) is 26.3. The fourth-order valence-corrected chi connectivity index (χ4v) is 10.1. The summed E-state index contributed by atoms with van der Waals surface area (Å²) in [5.74, 6) is -0.305. The lowest BCUT2D eigenvalue weighted by Gasteiger charge is -2.59. The summed E-state index contributed by atoms with van der Waals surface area (Å²) < 4.78 is 29.3. The summed E-state index contributed by atoms with van der Waals surface area (Å²) in [5, 5.41) is 32.4. The number of rotatable bonds is 8. The van der Waals surface area contributed by atoms with Gasteiger partial charge in [-0.25, -0.2) is 9.36 Å². The van der Waals surface area contributed by atoms with Crippen LogP contribution in [0.25, 0.3) is 0 Å². The van der Waals surface area contributed by atoms with Crippen LogP contribution in [0, 0.1) is 34.5 Å². The van der Waals surface area contributed by atoms with E-state index in [-0.39, 0.29) is 40.6 Å². The second kappa shape index (κ2) is 11.7. The molecule has 1 aromatic heterocycles. The number of aromatic nitrogens is 2. The van der Waals surface area contributed by atoms with E-state index < -0.39 is 68.7 Å². The molecule has 0 spiro atoms. The van der Waals surface area contributed by atoms with Crippen molar-refractivity contribution in [1.29, 1.82) is 0 Å². The molecule has 0 bridgehead atoms. The molecule has 1 saturated heterocycles. The minimum atomic E-state index is -4.79. The molecule has 15 heteroatoms. The van der Waals surface area contributed by atoms with Gasteiger partial charge in [0.05, 0.1) is 12.7 Å². The van der Waals surface area contributed by atoms with Gasteiger partial charge >= 0.3 is 13.5 Å².